The zero-order valence-corrected chi connectivity index (χ0v) is 20.2. The fourth-order valence-electron chi connectivity index (χ4n) is 4.34. The highest BCUT2D eigenvalue weighted by atomic mass is 31.2. The number of phosphoric ester groups is 2. The Morgan fingerprint density at radius 1 is 1.21 bits per heavy atom. The van der Waals surface area contributed by atoms with Crippen LogP contribution >= 0.6 is 15.6 Å². The topological polar surface area (TPSA) is 329 Å². The van der Waals surface area contributed by atoms with Gasteiger partial charge in [-0.25, -0.2) is 24.1 Å². The molecule has 4 atom stereocenters. The maximum Gasteiger partial charge on any atom is 0.469 e. The number of hydrogen-bond donors (Lipinski definition) is 9. The van der Waals surface area contributed by atoms with Crippen molar-refractivity contribution in [2.45, 2.75) is 25.0 Å². The first-order chi connectivity index (χ1) is 14.0. The molecule has 17 N–H and O–H groups in total. The Labute approximate surface area is 194 Å². The number of fused-ring (bicyclic) bond motifs is 2. The van der Waals surface area contributed by atoms with E-state index in [0.717, 1.165) is 0 Å². The van der Waals surface area contributed by atoms with Crippen LogP contribution in [0.2, 0.25) is 0 Å². The summed E-state index contributed by atoms with van der Waals surface area (Å²) >= 11 is 0. The van der Waals surface area contributed by atoms with Crippen LogP contribution < -0.4 is 29.9 Å². The maximum absolute atomic E-state index is 11.5. The first kappa shape index (κ1) is 32.0. The highest BCUT2D eigenvalue weighted by Gasteiger charge is 2.70. The summed E-state index contributed by atoms with van der Waals surface area (Å²) in [6.07, 6.45) is 6.54. The van der Waals surface area contributed by atoms with Gasteiger partial charge in [-0.1, -0.05) is 0 Å². The van der Waals surface area contributed by atoms with Crippen LogP contribution in [0, 0.1) is 23.7 Å². The largest absolute Gasteiger partial charge is 0.469 e. The van der Waals surface area contributed by atoms with Gasteiger partial charge in [0.15, 0.2) is 17.0 Å². The van der Waals surface area contributed by atoms with E-state index in [4.69, 9.17) is 20.7 Å². The van der Waals surface area contributed by atoms with Crippen LogP contribution in [0.5, 0.6) is 0 Å². The van der Waals surface area contributed by atoms with Gasteiger partial charge in [0.05, 0.1) is 19.0 Å². The summed E-state index contributed by atoms with van der Waals surface area (Å²) in [6.45, 7) is -0.401. The van der Waals surface area contributed by atoms with Gasteiger partial charge < -0.3 is 54.1 Å². The van der Waals surface area contributed by atoms with Crippen LogP contribution in [-0.2, 0) is 18.2 Å². The first-order valence-electron chi connectivity index (χ1n) is 8.80. The predicted molar refractivity (Wildman–Crippen MR) is 122 cm³/mol. The SMILES string of the molecule is C#Cc1nc(NC)c2ncn([C@@H]3C[C@H](OP(=O)(O)O)[C@]4(COP(=O)(O)O)C[C@H]34)c2n1.N.N.N.N. The molecule has 0 saturated heterocycles. The summed E-state index contributed by atoms with van der Waals surface area (Å²) < 4.78 is 34.0. The molecule has 2 aliphatic rings. The number of nitrogens with zero attached hydrogens (tertiary/aromatic N) is 4. The number of phosphoric acid groups is 2. The van der Waals surface area contributed by atoms with Gasteiger partial charge in [-0.15, -0.1) is 6.42 Å². The summed E-state index contributed by atoms with van der Waals surface area (Å²) in [4.78, 5) is 49.6. The average molecular weight is 527 g/mol. The fraction of sp³-hybridized carbons (Fsp3) is 0.533. The third-order valence-electron chi connectivity index (χ3n) is 5.65. The van der Waals surface area contributed by atoms with Gasteiger partial charge in [-0.05, 0) is 24.7 Å². The zero-order chi connectivity index (χ0) is 21.9. The Bertz CT molecular complexity index is 1140. The highest BCUT2D eigenvalue weighted by molar-refractivity contribution is 7.46. The summed E-state index contributed by atoms with van der Waals surface area (Å²) in [6, 6.07) is -0.350. The van der Waals surface area contributed by atoms with Crippen molar-refractivity contribution in [1.82, 2.24) is 44.1 Å². The summed E-state index contributed by atoms with van der Waals surface area (Å²) in [5.74, 6) is 2.72. The lowest BCUT2D eigenvalue weighted by atomic mass is 10.0. The third-order valence-corrected chi connectivity index (χ3v) is 6.64. The molecule has 2 saturated carbocycles. The molecule has 34 heavy (non-hydrogen) atoms. The number of hydrogen-bond acceptors (Lipinski definition) is 12. The molecule has 0 aliphatic heterocycles. The van der Waals surface area contributed by atoms with E-state index in [1.165, 1.54) is 6.33 Å². The Morgan fingerprint density at radius 3 is 2.38 bits per heavy atom. The van der Waals surface area contributed by atoms with Crippen molar-refractivity contribution in [3.8, 4) is 12.3 Å². The molecule has 2 aromatic heterocycles. The van der Waals surface area contributed by atoms with E-state index in [1.807, 2.05) is 0 Å². The molecule has 2 fully saturated rings. The summed E-state index contributed by atoms with van der Waals surface area (Å²) in [7, 11) is -7.96. The summed E-state index contributed by atoms with van der Waals surface area (Å²) in [5, 5.41) is 2.90. The van der Waals surface area contributed by atoms with Gasteiger partial charge in [0.2, 0.25) is 5.82 Å². The van der Waals surface area contributed by atoms with Crippen molar-refractivity contribution in [3.63, 3.8) is 0 Å². The molecule has 0 amide bonds. The molecular formula is C15H31N9O8P2. The molecule has 0 spiro atoms. The number of aromatic nitrogens is 4. The lowest BCUT2D eigenvalue weighted by Crippen LogP contribution is -2.26. The molecule has 4 rings (SSSR count). The standard InChI is InChI=1S/C15H19N5O8P2.4H3N/c1-3-11-18-13(16-2)12-14(19-11)20(7-17-12)9-4-10(28-30(24,25)26)15(5-8(9)15)6-27-29(21,22)23;;;;/h1,7-10H,4-6H2,2H3,(H,16,18,19)(H2,21,22,23)(H2,24,25,26);4*1H3/t8-,9-,10+,15+;;;;/m1..../s1. The smallest absolute Gasteiger partial charge is 0.371 e. The van der Waals surface area contributed by atoms with E-state index in [9.17, 15) is 18.9 Å². The van der Waals surface area contributed by atoms with E-state index in [1.54, 1.807) is 11.6 Å². The second kappa shape index (κ2) is 10.7. The molecule has 194 valence electrons. The third kappa shape index (κ3) is 5.78. The molecule has 0 bridgehead atoms. The van der Waals surface area contributed by atoms with Crippen LogP contribution in [0.4, 0.5) is 5.82 Å². The zero-order valence-electron chi connectivity index (χ0n) is 18.4. The van der Waals surface area contributed by atoms with Crippen molar-refractivity contribution < 1.29 is 37.8 Å². The molecule has 0 unspecified atom stereocenters. The Balaban J connectivity index is 0.00000272. The normalized spacial score (nSPS) is 25.0. The molecule has 0 radical (unpaired) electrons. The van der Waals surface area contributed by atoms with Crippen LogP contribution in [0.25, 0.3) is 11.2 Å². The van der Waals surface area contributed by atoms with Gasteiger partial charge in [-0.2, -0.15) is 0 Å². The maximum atomic E-state index is 11.5. The minimum atomic E-state index is -4.85. The van der Waals surface area contributed by atoms with Gasteiger partial charge in [0.1, 0.15) is 0 Å². The summed E-state index contributed by atoms with van der Waals surface area (Å²) in [5.41, 5.74) is -0.0495. The van der Waals surface area contributed by atoms with Crippen LogP contribution in [-0.4, -0.2) is 58.9 Å². The lowest BCUT2D eigenvalue weighted by Gasteiger charge is -2.24. The number of terminal acetylenes is 1. The molecular weight excluding hydrogens is 496 g/mol. The van der Waals surface area contributed by atoms with E-state index in [-0.39, 0.29) is 48.8 Å². The molecule has 2 aromatic rings. The molecule has 17 nitrogen and oxygen atoms in total. The minimum Gasteiger partial charge on any atom is -0.371 e. The Hall–Kier alpha value is -2.03. The lowest BCUT2D eigenvalue weighted by molar-refractivity contribution is 0.0499. The molecule has 2 heterocycles. The van der Waals surface area contributed by atoms with Crippen molar-refractivity contribution in [3.05, 3.63) is 12.2 Å². The Morgan fingerprint density at radius 2 is 1.85 bits per heavy atom. The highest BCUT2D eigenvalue weighted by Crippen LogP contribution is 2.71. The minimum absolute atomic E-state index is 0. The number of anilines is 1. The van der Waals surface area contributed by atoms with E-state index >= 15 is 0 Å². The molecule has 0 aromatic carbocycles. The van der Waals surface area contributed by atoms with E-state index in [0.29, 0.717) is 23.4 Å². The number of imidazole rings is 1. The molecule has 2 aliphatic carbocycles. The first-order valence-corrected chi connectivity index (χ1v) is 11.9. The van der Waals surface area contributed by atoms with Crippen molar-refractivity contribution in [2.24, 2.45) is 11.3 Å². The van der Waals surface area contributed by atoms with Crippen LogP contribution in [0.3, 0.4) is 0 Å². The van der Waals surface area contributed by atoms with E-state index in [2.05, 4.69) is 30.7 Å². The van der Waals surface area contributed by atoms with Gasteiger partial charge in [0.25, 0.3) is 0 Å². The van der Waals surface area contributed by atoms with Gasteiger partial charge in [-0.3, -0.25) is 9.05 Å². The van der Waals surface area contributed by atoms with Crippen LogP contribution in [0.15, 0.2) is 6.33 Å². The Kier molecular flexibility index (Phi) is 10.1. The van der Waals surface area contributed by atoms with Gasteiger partial charge in [0, 0.05) is 18.5 Å². The number of nitrogens with one attached hydrogen (secondary N) is 1. The second-order valence-corrected chi connectivity index (χ2v) is 9.74. The average Bonchev–Trinajstić information content (AvgIpc) is 3.12. The molecule has 19 heteroatoms. The predicted octanol–water partition coefficient (Wildman–Crippen LogP) is 1.04. The quantitative estimate of drug-likeness (QED) is 0.179. The van der Waals surface area contributed by atoms with Gasteiger partial charge >= 0.3 is 15.6 Å². The van der Waals surface area contributed by atoms with Crippen molar-refractivity contribution in [1.29, 1.82) is 0 Å². The second-order valence-electron chi connectivity index (χ2n) is 7.31. The van der Waals surface area contributed by atoms with Crippen molar-refractivity contribution in [2.75, 3.05) is 19.0 Å². The van der Waals surface area contributed by atoms with Crippen molar-refractivity contribution >= 4 is 32.6 Å². The number of rotatable bonds is 7. The fourth-order valence-corrected chi connectivity index (χ4v) is 5.38. The van der Waals surface area contributed by atoms with Crippen LogP contribution in [0.1, 0.15) is 24.7 Å². The monoisotopic (exact) mass is 527 g/mol. The van der Waals surface area contributed by atoms with E-state index < -0.39 is 33.8 Å².